The summed E-state index contributed by atoms with van der Waals surface area (Å²) in [7, 11) is 0. The molecular weight excluding hydrogens is 192 g/mol. The van der Waals surface area contributed by atoms with Crippen molar-refractivity contribution in [2.24, 2.45) is 0 Å². The molecule has 0 nitrogen and oxygen atoms in total. The first kappa shape index (κ1) is 15.7. The van der Waals surface area contributed by atoms with Gasteiger partial charge in [0.2, 0.25) is 0 Å². The topological polar surface area (TPSA) is 0 Å². The van der Waals surface area contributed by atoms with Crippen LogP contribution in [0.25, 0.3) is 0 Å². The summed E-state index contributed by atoms with van der Waals surface area (Å²) in [5.41, 5.74) is 0. The van der Waals surface area contributed by atoms with Crippen molar-refractivity contribution in [3.63, 3.8) is 0 Å². The molecule has 0 aliphatic heterocycles. The summed E-state index contributed by atoms with van der Waals surface area (Å²) < 4.78 is 0. The highest BCUT2D eigenvalue weighted by atomic mass is 13.9. The first-order valence-electron chi connectivity index (χ1n) is 7.34. The van der Waals surface area contributed by atoms with Crippen molar-refractivity contribution in [3.8, 4) is 0 Å². The molecular formula is C16H31. The van der Waals surface area contributed by atoms with Gasteiger partial charge in [-0.25, -0.2) is 0 Å². The Balaban J connectivity index is 2.98. The molecule has 0 spiro atoms. The Morgan fingerprint density at radius 1 is 0.625 bits per heavy atom. The monoisotopic (exact) mass is 223 g/mol. The van der Waals surface area contributed by atoms with Gasteiger partial charge in [-0.2, -0.15) is 0 Å². The summed E-state index contributed by atoms with van der Waals surface area (Å²) in [5, 5.41) is 0. The predicted octanol–water partition coefficient (Wildman–Crippen LogP) is 6.08. The maximum Gasteiger partial charge on any atom is -0.0351 e. The minimum Gasteiger partial charge on any atom is -0.0885 e. The molecule has 0 aromatic carbocycles. The Morgan fingerprint density at radius 3 is 1.62 bits per heavy atom. The second kappa shape index (κ2) is 14.7. The van der Waals surface area contributed by atoms with Crippen LogP contribution >= 0.6 is 0 Å². The van der Waals surface area contributed by atoms with Crippen LogP contribution in [-0.2, 0) is 0 Å². The lowest BCUT2D eigenvalue weighted by molar-refractivity contribution is 0.641. The molecule has 1 radical (unpaired) electrons. The molecule has 0 saturated carbocycles. The molecule has 0 heteroatoms. The van der Waals surface area contributed by atoms with Crippen molar-refractivity contribution in [1.29, 1.82) is 0 Å². The molecule has 0 aromatic rings. The maximum atomic E-state index is 2.39. The smallest absolute Gasteiger partial charge is 0.0351 e. The molecule has 0 atom stereocenters. The SMILES string of the molecule is C[CH]CCCCCCC=CCCCCCC. The van der Waals surface area contributed by atoms with E-state index in [9.17, 15) is 0 Å². The second-order valence-electron chi connectivity index (χ2n) is 4.72. The molecule has 0 fully saturated rings. The lowest BCUT2D eigenvalue weighted by Gasteiger charge is -1.97. The highest BCUT2D eigenvalue weighted by Crippen LogP contribution is 2.08. The Kier molecular flexibility index (Phi) is 14.5. The average molecular weight is 223 g/mol. The van der Waals surface area contributed by atoms with Gasteiger partial charge in [0.1, 0.15) is 0 Å². The van der Waals surface area contributed by atoms with Crippen LogP contribution in [0.15, 0.2) is 12.2 Å². The van der Waals surface area contributed by atoms with E-state index in [-0.39, 0.29) is 0 Å². The lowest BCUT2D eigenvalue weighted by atomic mass is 10.1. The average Bonchev–Trinajstić information content (AvgIpc) is 2.31. The van der Waals surface area contributed by atoms with E-state index in [1.807, 2.05) is 0 Å². The molecule has 0 aliphatic rings. The summed E-state index contributed by atoms with van der Waals surface area (Å²) >= 11 is 0. The number of hydrogen-bond donors (Lipinski definition) is 0. The van der Waals surface area contributed by atoms with E-state index in [4.69, 9.17) is 0 Å². The van der Waals surface area contributed by atoms with Crippen molar-refractivity contribution in [3.05, 3.63) is 18.6 Å². The lowest BCUT2D eigenvalue weighted by Crippen LogP contribution is -1.78. The van der Waals surface area contributed by atoms with Crippen LogP contribution in [0.4, 0.5) is 0 Å². The number of unbranched alkanes of at least 4 members (excludes halogenated alkanes) is 10. The fourth-order valence-corrected chi connectivity index (χ4v) is 1.89. The molecule has 0 rings (SSSR count). The third-order valence-corrected chi connectivity index (χ3v) is 3.00. The van der Waals surface area contributed by atoms with Crippen LogP contribution in [0.1, 0.15) is 84.5 Å². The Hall–Kier alpha value is -0.260. The molecule has 0 N–H and O–H groups in total. The quantitative estimate of drug-likeness (QED) is 0.278. The fraction of sp³-hybridized carbons (Fsp3) is 0.812. The Labute approximate surface area is 104 Å². The number of allylic oxidation sites excluding steroid dienone is 2. The van der Waals surface area contributed by atoms with Gasteiger partial charge in [-0.05, 0) is 32.1 Å². The molecule has 16 heavy (non-hydrogen) atoms. The largest absolute Gasteiger partial charge is 0.0885 e. The van der Waals surface area contributed by atoms with Crippen LogP contribution < -0.4 is 0 Å². The second-order valence-corrected chi connectivity index (χ2v) is 4.72. The van der Waals surface area contributed by atoms with Crippen molar-refractivity contribution in [2.45, 2.75) is 84.5 Å². The van der Waals surface area contributed by atoms with Crippen LogP contribution in [0.3, 0.4) is 0 Å². The third kappa shape index (κ3) is 13.7. The van der Waals surface area contributed by atoms with E-state index in [1.54, 1.807) is 0 Å². The van der Waals surface area contributed by atoms with E-state index in [0.717, 1.165) is 0 Å². The molecule has 0 aromatic heterocycles. The van der Waals surface area contributed by atoms with E-state index in [1.165, 1.54) is 70.6 Å². The standard InChI is InChI=1S/C16H31/c1-3-5-7-9-11-13-15-16-14-12-10-8-6-4-2/h3,14,16H,4-13,15H2,1-2H3. The molecule has 95 valence electrons. The maximum absolute atomic E-state index is 2.39. The van der Waals surface area contributed by atoms with Crippen LogP contribution in [0, 0.1) is 6.42 Å². The molecule has 0 bridgehead atoms. The van der Waals surface area contributed by atoms with Gasteiger partial charge in [0.25, 0.3) is 0 Å². The van der Waals surface area contributed by atoms with Crippen molar-refractivity contribution in [1.82, 2.24) is 0 Å². The summed E-state index contributed by atoms with van der Waals surface area (Å²) in [5.74, 6) is 0. The zero-order chi connectivity index (χ0) is 11.9. The van der Waals surface area contributed by atoms with E-state index >= 15 is 0 Å². The molecule has 0 aliphatic carbocycles. The zero-order valence-corrected chi connectivity index (χ0v) is 11.5. The van der Waals surface area contributed by atoms with Gasteiger partial charge in [0.15, 0.2) is 0 Å². The molecule has 0 saturated heterocycles. The highest BCUT2D eigenvalue weighted by molar-refractivity contribution is 4.81. The van der Waals surface area contributed by atoms with Gasteiger partial charge in [0, 0.05) is 0 Å². The Morgan fingerprint density at radius 2 is 1.12 bits per heavy atom. The van der Waals surface area contributed by atoms with Gasteiger partial charge >= 0.3 is 0 Å². The summed E-state index contributed by atoms with van der Waals surface area (Å²) in [6.07, 6.45) is 22.1. The van der Waals surface area contributed by atoms with Gasteiger partial charge < -0.3 is 0 Å². The summed E-state index contributed by atoms with van der Waals surface area (Å²) in [6, 6.07) is 0. The Bertz CT molecular complexity index is 135. The van der Waals surface area contributed by atoms with Gasteiger partial charge in [-0.3, -0.25) is 0 Å². The van der Waals surface area contributed by atoms with E-state index in [2.05, 4.69) is 32.4 Å². The minimum absolute atomic E-state index is 1.30. The van der Waals surface area contributed by atoms with Gasteiger partial charge in [0.05, 0.1) is 0 Å². The first-order chi connectivity index (χ1) is 7.91. The summed E-state index contributed by atoms with van der Waals surface area (Å²) in [6.45, 7) is 4.42. The van der Waals surface area contributed by atoms with Crippen LogP contribution in [0.5, 0.6) is 0 Å². The van der Waals surface area contributed by atoms with Gasteiger partial charge in [-0.15, -0.1) is 0 Å². The van der Waals surface area contributed by atoms with E-state index < -0.39 is 0 Å². The first-order valence-corrected chi connectivity index (χ1v) is 7.34. The number of rotatable bonds is 12. The zero-order valence-electron chi connectivity index (χ0n) is 11.5. The summed E-state index contributed by atoms with van der Waals surface area (Å²) in [4.78, 5) is 0. The molecule has 0 heterocycles. The predicted molar refractivity (Wildman–Crippen MR) is 75.6 cm³/mol. The van der Waals surface area contributed by atoms with Crippen LogP contribution in [0.2, 0.25) is 0 Å². The minimum atomic E-state index is 1.30. The van der Waals surface area contributed by atoms with Crippen LogP contribution in [-0.4, -0.2) is 0 Å². The highest BCUT2D eigenvalue weighted by Gasteiger charge is 1.88. The number of hydrogen-bond acceptors (Lipinski definition) is 0. The third-order valence-electron chi connectivity index (χ3n) is 3.00. The van der Waals surface area contributed by atoms with Crippen molar-refractivity contribution in [2.75, 3.05) is 0 Å². The van der Waals surface area contributed by atoms with Crippen molar-refractivity contribution >= 4 is 0 Å². The molecule has 0 unspecified atom stereocenters. The fourth-order valence-electron chi connectivity index (χ4n) is 1.89. The molecule has 0 amide bonds. The van der Waals surface area contributed by atoms with Gasteiger partial charge in [-0.1, -0.05) is 70.9 Å². The van der Waals surface area contributed by atoms with Crippen molar-refractivity contribution < 1.29 is 0 Å². The van der Waals surface area contributed by atoms with E-state index in [0.29, 0.717) is 0 Å². The normalized spacial score (nSPS) is 11.4.